The summed E-state index contributed by atoms with van der Waals surface area (Å²) in [5, 5.41) is 6.60. The molecule has 4 aromatic rings. The highest BCUT2D eigenvalue weighted by Crippen LogP contribution is 2.50. The third-order valence-electron chi connectivity index (χ3n) is 4.54. The molecule has 26 heavy (non-hydrogen) atoms. The van der Waals surface area contributed by atoms with Crippen LogP contribution >= 0.6 is 45.3 Å². The Labute approximate surface area is 171 Å². The molecule has 0 radical (unpaired) electrons. The molecular weight excluding hydrogens is 393 g/mol. The van der Waals surface area contributed by atoms with Crippen LogP contribution in [-0.4, -0.2) is 0 Å². The maximum absolute atomic E-state index is 2.29. The molecule has 134 valence electrons. The lowest BCUT2D eigenvalue weighted by Gasteiger charge is -2.07. The van der Waals surface area contributed by atoms with Crippen LogP contribution in [0.3, 0.4) is 0 Å². The number of unbranched alkanes of at least 4 members (excludes halogenated alkanes) is 3. The molecule has 0 spiro atoms. The average Bonchev–Trinajstić information content (AvgIpc) is 3.45. The minimum Gasteiger partial charge on any atom is -0.144 e. The lowest BCUT2D eigenvalue weighted by atomic mass is 9.99. The zero-order chi connectivity index (χ0) is 17.8. The van der Waals surface area contributed by atoms with Crippen molar-refractivity contribution in [2.75, 3.05) is 0 Å². The van der Waals surface area contributed by atoms with Gasteiger partial charge in [0.05, 0.1) is 4.88 Å². The van der Waals surface area contributed by atoms with Crippen LogP contribution in [-0.2, 0) is 6.42 Å². The van der Waals surface area contributed by atoms with Crippen molar-refractivity contribution in [3.05, 3.63) is 58.1 Å². The van der Waals surface area contributed by atoms with E-state index in [4.69, 9.17) is 0 Å². The fraction of sp³-hybridized carbons (Fsp3) is 0.273. The molecule has 0 saturated heterocycles. The van der Waals surface area contributed by atoms with Gasteiger partial charge in [0, 0.05) is 25.1 Å². The molecule has 4 aromatic heterocycles. The van der Waals surface area contributed by atoms with E-state index in [0.29, 0.717) is 0 Å². The van der Waals surface area contributed by atoms with Crippen molar-refractivity contribution in [3.63, 3.8) is 0 Å². The van der Waals surface area contributed by atoms with Gasteiger partial charge in [-0.05, 0) is 52.7 Å². The highest BCUT2D eigenvalue weighted by molar-refractivity contribution is 7.26. The van der Waals surface area contributed by atoms with E-state index in [1.165, 1.54) is 62.1 Å². The molecule has 0 N–H and O–H groups in total. The molecular formula is C22H22S4. The molecule has 0 aliphatic rings. The van der Waals surface area contributed by atoms with Gasteiger partial charge in [-0.25, -0.2) is 0 Å². The summed E-state index contributed by atoms with van der Waals surface area (Å²) in [6.07, 6.45) is 6.42. The zero-order valence-electron chi connectivity index (χ0n) is 14.9. The van der Waals surface area contributed by atoms with Gasteiger partial charge in [-0.2, -0.15) is 0 Å². The molecule has 4 heteroatoms. The highest BCUT2D eigenvalue weighted by Gasteiger charge is 2.22. The molecule has 0 aliphatic heterocycles. The Morgan fingerprint density at radius 3 is 1.88 bits per heavy atom. The predicted octanol–water partition coefficient (Wildman–Crippen LogP) is 9.06. The Bertz CT molecular complexity index is 910. The molecule has 0 aliphatic carbocycles. The molecule has 4 rings (SSSR count). The SMILES string of the molecule is CCCCCCc1c(-c2cccs2)sc(-c2cccs2)c1-c1cccs1. The normalized spacial score (nSPS) is 11.3. The number of rotatable bonds is 8. The Morgan fingerprint density at radius 2 is 1.31 bits per heavy atom. The molecule has 0 fully saturated rings. The smallest absolute Gasteiger partial charge is 0.0538 e. The summed E-state index contributed by atoms with van der Waals surface area (Å²) in [6.45, 7) is 2.29. The Kier molecular flexibility index (Phi) is 6.05. The monoisotopic (exact) mass is 414 g/mol. The maximum Gasteiger partial charge on any atom is 0.0538 e. The molecule has 0 atom stereocenters. The number of hydrogen-bond donors (Lipinski definition) is 0. The van der Waals surface area contributed by atoms with Crippen molar-refractivity contribution in [3.8, 4) is 29.9 Å². The molecule has 0 saturated carbocycles. The van der Waals surface area contributed by atoms with Crippen LogP contribution < -0.4 is 0 Å². The first-order chi connectivity index (χ1) is 12.9. The lowest BCUT2D eigenvalue weighted by molar-refractivity contribution is 0.668. The first-order valence-electron chi connectivity index (χ1n) is 9.15. The second-order valence-corrected chi connectivity index (χ2v) is 10.2. The molecule has 0 aromatic carbocycles. The number of thiophene rings is 4. The van der Waals surface area contributed by atoms with Crippen LogP contribution in [0.15, 0.2) is 52.5 Å². The van der Waals surface area contributed by atoms with Gasteiger partial charge in [0.2, 0.25) is 0 Å². The molecule has 4 heterocycles. The maximum atomic E-state index is 2.29. The third-order valence-corrected chi connectivity index (χ3v) is 8.76. The summed E-state index contributed by atoms with van der Waals surface area (Å²) < 4.78 is 0. The van der Waals surface area contributed by atoms with E-state index in [9.17, 15) is 0 Å². The van der Waals surface area contributed by atoms with Crippen LogP contribution in [0.4, 0.5) is 0 Å². The van der Waals surface area contributed by atoms with Gasteiger partial charge in [0.1, 0.15) is 0 Å². The summed E-state index contributed by atoms with van der Waals surface area (Å²) >= 11 is 7.59. The summed E-state index contributed by atoms with van der Waals surface area (Å²) in [6, 6.07) is 13.4. The van der Waals surface area contributed by atoms with Crippen LogP contribution in [0.2, 0.25) is 0 Å². The van der Waals surface area contributed by atoms with Crippen LogP contribution in [0, 0.1) is 0 Å². The minimum atomic E-state index is 1.18. The quantitative estimate of drug-likeness (QED) is 0.252. The Hall–Kier alpha value is -1.20. The first kappa shape index (κ1) is 18.2. The number of hydrogen-bond acceptors (Lipinski definition) is 4. The largest absolute Gasteiger partial charge is 0.144 e. The van der Waals surface area contributed by atoms with E-state index in [1.807, 2.05) is 45.3 Å². The van der Waals surface area contributed by atoms with Crippen molar-refractivity contribution in [1.82, 2.24) is 0 Å². The van der Waals surface area contributed by atoms with Crippen molar-refractivity contribution in [1.29, 1.82) is 0 Å². The second kappa shape index (κ2) is 8.66. The fourth-order valence-corrected chi connectivity index (χ4v) is 7.27. The molecule has 0 amide bonds. The van der Waals surface area contributed by atoms with E-state index in [2.05, 4.69) is 59.5 Å². The van der Waals surface area contributed by atoms with Crippen LogP contribution in [0.5, 0.6) is 0 Å². The summed E-state index contributed by atoms with van der Waals surface area (Å²) in [5.74, 6) is 0. The van der Waals surface area contributed by atoms with Crippen molar-refractivity contribution in [2.45, 2.75) is 39.0 Å². The predicted molar refractivity (Wildman–Crippen MR) is 122 cm³/mol. The summed E-state index contributed by atoms with van der Waals surface area (Å²) in [4.78, 5) is 7.18. The van der Waals surface area contributed by atoms with Crippen LogP contribution in [0.1, 0.15) is 38.2 Å². The molecule has 0 unspecified atom stereocenters. The van der Waals surface area contributed by atoms with Gasteiger partial charge < -0.3 is 0 Å². The van der Waals surface area contributed by atoms with E-state index in [0.717, 1.165) is 0 Å². The van der Waals surface area contributed by atoms with Gasteiger partial charge >= 0.3 is 0 Å². The van der Waals surface area contributed by atoms with E-state index in [-0.39, 0.29) is 0 Å². The lowest BCUT2D eigenvalue weighted by Crippen LogP contribution is -1.89. The Balaban J connectivity index is 1.84. The van der Waals surface area contributed by atoms with Crippen LogP contribution in [0.25, 0.3) is 29.9 Å². The summed E-state index contributed by atoms with van der Waals surface area (Å²) in [5.41, 5.74) is 3.06. The van der Waals surface area contributed by atoms with Gasteiger partial charge in [0.25, 0.3) is 0 Å². The Morgan fingerprint density at radius 1 is 0.692 bits per heavy atom. The third kappa shape index (κ3) is 3.74. The summed E-state index contributed by atoms with van der Waals surface area (Å²) in [7, 11) is 0. The van der Waals surface area contributed by atoms with Gasteiger partial charge in [-0.1, -0.05) is 44.4 Å². The second-order valence-electron chi connectivity index (χ2n) is 6.36. The van der Waals surface area contributed by atoms with Crippen molar-refractivity contribution in [2.24, 2.45) is 0 Å². The van der Waals surface area contributed by atoms with Gasteiger partial charge in [-0.15, -0.1) is 45.3 Å². The van der Waals surface area contributed by atoms with E-state index >= 15 is 0 Å². The van der Waals surface area contributed by atoms with Crippen molar-refractivity contribution < 1.29 is 0 Å². The molecule has 0 bridgehead atoms. The standard InChI is InChI=1S/C22H22S4/c1-2-3-4-5-9-16-20(17-10-6-13-23-17)22(19-12-8-15-25-19)26-21(16)18-11-7-14-24-18/h6-8,10-15H,2-5,9H2,1H3. The molecule has 0 nitrogen and oxygen atoms in total. The van der Waals surface area contributed by atoms with E-state index in [1.54, 1.807) is 5.56 Å². The topological polar surface area (TPSA) is 0 Å². The fourth-order valence-electron chi connectivity index (χ4n) is 3.30. The van der Waals surface area contributed by atoms with E-state index < -0.39 is 0 Å². The van der Waals surface area contributed by atoms with Gasteiger partial charge in [0.15, 0.2) is 0 Å². The van der Waals surface area contributed by atoms with Gasteiger partial charge in [-0.3, -0.25) is 0 Å². The zero-order valence-corrected chi connectivity index (χ0v) is 18.1. The first-order valence-corrected chi connectivity index (χ1v) is 12.6. The van der Waals surface area contributed by atoms with Crippen molar-refractivity contribution >= 4 is 45.3 Å². The highest BCUT2D eigenvalue weighted by atomic mass is 32.1. The minimum absolute atomic E-state index is 1.18. The average molecular weight is 415 g/mol.